The van der Waals surface area contributed by atoms with Gasteiger partial charge in [0.2, 0.25) is 0 Å². The Morgan fingerprint density at radius 3 is 2.47 bits per heavy atom. The lowest BCUT2D eigenvalue weighted by atomic mass is 10.2. The van der Waals surface area contributed by atoms with Gasteiger partial charge >= 0.3 is 0 Å². The summed E-state index contributed by atoms with van der Waals surface area (Å²) in [6, 6.07) is 0.652. The normalized spacial score (nSPS) is 18.5. The zero-order valence-electron chi connectivity index (χ0n) is 9.67. The molecule has 0 saturated heterocycles. The quantitative estimate of drug-likeness (QED) is 0.681. The fourth-order valence-electron chi connectivity index (χ4n) is 2.14. The SMILES string of the molecule is CCCS(=O)(=O)CCCNC1CCCC1. The van der Waals surface area contributed by atoms with Gasteiger partial charge in [0.25, 0.3) is 0 Å². The summed E-state index contributed by atoms with van der Waals surface area (Å²) in [7, 11) is -2.77. The van der Waals surface area contributed by atoms with E-state index < -0.39 is 9.84 Å². The molecule has 1 N–H and O–H groups in total. The zero-order chi connectivity index (χ0) is 11.1. The highest BCUT2D eigenvalue weighted by atomic mass is 32.2. The van der Waals surface area contributed by atoms with E-state index in [0.29, 0.717) is 17.5 Å². The summed E-state index contributed by atoms with van der Waals surface area (Å²) >= 11 is 0. The van der Waals surface area contributed by atoms with Crippen molar-refractivity contribution in [2.45, 2.75) is 51.5 Å². The third kappa shape index (κ3) is 5.52. The van der Waals surface area contributed by atoms with Gasteiger partial charge in [0, 0.05) is 11.8 Å². The van der Waals surface area contributed by atoms with Gasteiger partial charge in [-0.25, -0.2) is 8.42 Å². The molecule has 0 radical (unpaired) electrons. The van der Waals surface area contributed by atoms with E-state index in [1.165, 1.54) is 25.7 Å². The Balaban J connectivity index is 2.05. The molecule has 0 heterocycles. The van der Waals surface area contributed by atoms with E-state index in [1.807, 2.05) is 6.92 Å². The van der Waals surface area contributed by atoms with E-state index in [0.717, 1.165) is 19.4 Å². The first-order valence-electron chi connectivity index (χ1n) is 6.08. The smallest absolute Gasteiger partial charge is 0.150 e. The summed E-state index contributed by atoms with van der Waals surface area (Å²) in [5.41, 5.74) is 0. The van der Waals surface area contributed by atoms with Gasteiger partial charge in [-0.2, -0.15) is 0 Å². The highest BCUT2D eigenvalue weighted by Crippen LogP contribution is 2.17. The van der Waals surface area contributed by atoms with E-state index in [4.69, 9.17) is 0 Å². The van der Waals surface area contributed by atoms with Gasteiger partial charge in [0.05, 0.1) is 5.75 Å². The highest BCUT2D eigenvalue weighted by Gasteiger charge is 2.14. The van der Waals surface area contributed by atoms with Crippen LogP contribution >= 0.6 is 0 Å². The van der Waals surface area contributed by atoms with Crippen LogP contribution in [0.4, 0.5) is 0 Å². The maximum Gasteiger partial charge on any atom is 0.150 e. The van der Waals surface area contributed by atoms with E-state index in [1.54, 1.807) is 0 Å². The van der Waals surface area contributed by atoms with Crippen LogP contribution in [0.25, 0.3) is 0 Å². The van der Waals surface area contributed by atoms with Crippen LogP contribution in [-0.2, 0) is 9.84 Å². The minimum absolute atomic E-state index is 0.344. The monoisotopic (exact) mass is 233 g/mol. The molecule has 1 saturated carbocycles. The Labute approximate surface area is 93.6 Å². The molecule has 1 fully saturated rings. The summed E-state index contributed by atoms with van der Waals surface area (Å²) in [4.78, 5) is 0. The number of hydrogen-bond donors (Lipinski definition) is 1. The van der Waals surface area contributed by atoms with Crippen molar-refractivity contribution in [3.63, 3.8) is 0 Å². The molecule has 0 unspecified atom stereocenters. The van der Waals surface area contributed by atoms with Gasteiger partial charge in [-0.3, -0.25) is 0 Å². The van der Waals surface area contributed by atoms with Gasteiger partial charge in [-0.15, -0.1) is 0 Å². The van der Waals surface area contributed by atoms with Crippen LogP contribution < -0.4 is 5.32 Å². The van der Waals surface area contributed by atoms with Crippen LogP contribution in [0.3, 0.4) is 0 Å². The maximum absolute atomic E-state index is 11.4. The second-order valence-electron chi connectivity index (χ2n) is 4.44. The molecule has 4 heteroatoms. The number of nitrogens with one attached hydrogen (secondary N) is 1. The molecule has 0 aromatic rings. The van der Waals surface area contributed by atoms with Crippen molar-refractivity contribution in [1.29, 1.82) is 0 Å². The zero-order valence-corrected chi connectivity index (χ0v) is 10.5. The number of hydrogen-bond acceptors (Lipinski definition) is 3. The lowest BCUT2D eigenvalue weighted by Gasteiger charge is -2.11. The fourth-order valence-corrected chi connectivity index (χ4v) is 3.55. The molecule has 0 spiro atoms. The summed E-state index contributed by atoms with van der Waals surface area (Å²) in [6.45, 7) is 2.77. The standard InChI is InChI=1S/C11H23NO2S/c1-2-9-15(13,14)10-5-8-12-11-6-3-4-7-11/h11-12H,2-10H2,1H3. The molecule has 0 amide bonds. The van der Waals surface area contributed by atoms with Crippen molar-refractivity contribution >= 4 is 9.84 Å². The molecule has 0 bridgehead atoms. The molecule has 1 aliphatic carbocycles. The maximum atomic E-state index is 11.4. The van der Waals surface area contributed by atoms with Crippen molar-refractivity contribution in [2.75, 3.05) is 18.1 Å². The van der Waals surface area contributed by atoms with Gasteiger partial charge in [-0.1, -0.05) is 19.8 Å². The van der Waals surface area contributed by atoms with E-state index in [2.05, 4.69) is 5.32 Å². The first-order valence-corrected chi connectivity index (χ1v) is 7.90. The molecule has 0 aromatic heterocycles. The van der Waals surface area contributed by atoms with Crippen molar-refractivity contribution < 1.29 is 8.42 Å². The first-order chi connectivity index (χ1) is 7.14. The van der Waals surface area contributed by atoms with Crippen molar-refractivity contribution in [3.8, 4) is 0 Å². The van der Waals surface area contributed by atoms with Crippen LogP contribution in [0.2, 0.25) is 0 Å². The van der Waals surface area contributed by atoms with E-state index in [9.17, 15) is 8.42 Å². The Kier molecular flexibility index (Phi) is 5.61. The van der Waals surface area contributed by atoms with Crippen molar-refractivity contribution in [1.82, 2.24) is 5.32 Å². The lowest BCUT2D eigenvalue weighted by Crippen LogP contribution is -2.28. The molecule has 0 aliphatic heterocycles. The summed E-state index contributed by atoms with van der Waals surface area (Å²) in [5.74, 6) is 0.691. The second-order valence-corrected chi connectivity index (χ2v) is 6.74. The van der Waals surface area contributed by atoms with Crippen LogP contribution in [-0.4, -0.2) is 32.5 Å². The Bertz CT molecular complexity index is 256. The van der Waals surface area contributed by atoms with E-state index >= 15 is 0 Å². The summed E-state index contributed by atoms with van der Waals surface area (Å²) in [5, 5.41) is 3.43. The molecule has 1 aliphatic rings. The van der Waals surface area contributed by atoms with Gasteiger partial charge in [0.15, 0.2) is 0 Å². The fraction of sp³-hybridized carbons (Fsp3) is 1.00. The highest BCUT2D eigenvalue weighted by molar-refractivity contribution is 7.91. The molecule has 0 aromatic carbocycles. The van der Waals surface area contributed by atoms with E-state index in [-0.39, 0.29) is 0 Å². The average Bonchev–Trinajstić information content (AvgIpc) is 2.65. The summed E-state index contributed by atoms with van der Waals surface area (Å²) in [6.07, 6.45) is 6.68. The second kappa shape index (κ2) is 6.48. The van der Waals surface area contributed by atoms with Gasteiger partial charge in [0.1, 0.15) is 9.84 Å². The molecular weight excluding hydrogens is 210 g/mol. The molecule has 0 atom stereocenters. The number of sulfone groups is 1. The molecular formula is C11H23NO2S. The lowest BCUT2D eigenvalue weighted by molar-refractivity contribution is 0.520. The minimum atomic E-state index is -2.77. The Hall–Kier alpha value is -0.0900. The third-order valence-corrected chi connectivity index (χ3v) is 4.88. The largest absolute Gasteiger partial charge is 0.314 e. The van der Waals surface area contributed by atoms with Crippen LogP contribution in [0, 0.1) is 0 Å². The third-order valence-electron chi connectivity index (χ3n) is 2.94. The van der Waals surface area contributed by atoms with Crippen LogP contribution in [0.15, 0.2) is 0 Å². The molecule has 3 nitrogen and oxygen atoms in total. The van der Waals surface area contributed by atoms with Crippen LogP contribution in [0.1, 0.15) is 45.4 Å². The predicted molar refractivity (Wildman–Crippen MR) is 63.8 cm³/mol. The summed E-state index contributed by atoms with van der Waals surface area (Å²) < 4.78 is 22.8. The molecule has 15 heavy (non-hydrogen) atoms. The topological polar surface area (TPSA) is 46.2 Å². The molecule has 1 rings (SSSR count). The van der Waals surface area contributed by atoms with Crippen molar-refractivity contribution in [3.05, 3.63) is 0 Å². The minimum Gasteiger partial charge on any atom is -0.314 e. The Morgan fingerprint density at radius 2 is 1.87 bits per heavy atom. The van der Waals surface area contributed by atoms with Gasteiger partial charge < -0.3 is 5.32 Å². The van der Waals surface area contributed by atoms with Crippen molar-refractivity contribution in [2.24, 2.45) is 0 Å². The first kappa shape index (κ1) is 13.0. The number of rotatable bonds is 7. The molecule has 90 valence electrons. The van der Waals surface area contributed by atoms with Gasteiger partial charge in [-0.05, 0) is 32.2 Å². The predicted octanol–water partition coefficient (Wildman–Crippen LogP) is 1.73. The average molecular weight is 233 g/mol. The van der Waals surface area contributed by atoms with Crippen LogP contribution in [0.5, 0.6) is 0 Å². The Morgan fingerprint density at radius 1 is 1.20 bits per heavy atom.